The van der Waals surface area contributed by atoms with E-state index in [0.29, 0.717) is 6.42 Å². The third kappa shape index (κ3) is 7.28. The Hall–Kier alpha value is 1.28. The fourth-order valence-corrected chi connectivity index (χ4v) is 0.158. The van der Waals surface area contributed by atoms with Crippen LogP contribution in [0.1, 0.15) is 13.3 Å². The zero-order chi connectivity index (χ0) is 4.99. The minimum absolute atomic E-state index is 0. The Kier molecular flexibility index (Phi) is 11.6. The third-order valence-electron chi connectivity index (χ3n) is 0.552. The molecule has 0 aromatic heterocycles. The van der Waals surface area contributed by atoms with Gasteiger partial charge in [-0.15, -0.1) is 7.05 Å². The van der Waals surface area contributed by atoms with Crippen LogP contribution in [0.25, 0.3) is 5.32 Å². The fourth-order valence-electron chi connectivity index (χ4n) is 0.158. The van der Waals surface area contributed by atoms with Gasteiger partial charge in [0.05, 0.1) is 5.91 Å². The van der Waals surface area contributed by atoms with E-state index in [0.717, 1.165) is 0 Å². The molecular weight excluding hydrogens is 164 g/mol. The zero-order valence-corrected chi connectivity index (χ0v) is 9.98. The van der Waals surface area contributed by atoms with Crippen molar-refractivity contribution in [2.45, 2.75) is 13.3 Å². The van der Waals surface area contributed by atoms with Crippen LogP contribution in [0.2, 0.25) is 0 Å². The normalized spacial score (nSPS) is 6.57. The first kappa shape index (κ1) is 11.1. The maximum absolute atomic E-state index is 10.0. The number of amides is 1. The van der Waals surface area contributed by atoms with Crippen LogP contribution in [0.3, 0.4) is 0 Å². The Bertz CT molecular complexity index is 49.7. The molecule has 36 valence electrons. The van der Waals surface area contributed by atoms with Crippen molar-refractivity contribution in [2.24, 2.45) is 0 Å². The molecule has 0 saturated carbocycles. The predicted octanol–water partition coefficient (Wildman–Crippen LogP) is -2.07. The molecule has 0 aromatic carbocycles. The molecule has 0 heterocycles. The second-order valence-electron chi connectivity index (χ2n) is 0.971. The van der Waals surface area contributed by atoms with Gasteiger partial charge in [0.1, 0.15) is 0 Å². The van der Waals surface area contributed by atoms with Gasteiger partial charge >= 0.3 is 58.2 Å². The van der Waals surface area contributed by atoms with Crippen LogP contribution < -0.4 is 58.2 Å². The molecule has 0 aliphatic heterocycles. The van der Waals surface area contributed by atoms with Gasteiger partial charge in [-0.2, -0.15) is 0 Å². The van der Waals surface area contributed by atoms with Crippen LogP contribution in [-0.4, -0.2) is 13.0 Å². The summed E-state index contributed by atoms with van der Waals surface area (Å²) in [7, 11) is 1.51. The van der Waals surface area contributed by atoms with Crippen molar-refractivity contribution in [1.82, 2.24) is 0 Å². The summed E-state index contributed by atoms with van der Waals surface area (Å²) in [5.74, 6) is -0.0324. The molecule has 0 aliphatic rings. The van der Waals surface area contributed by atoms with Crippen LogP contribution >= 0.6 is 0 Å². The number of nitrogens with zero attached hydrogens (tertiary/aromatic N) is 1. The smallest absolute Gasteiger partial charge is 0.656 e. The molecular formula is C4H8NORb. The number of hydrogen-bond acceptors (Lipinski definition) is 1. The molecule has 0 atom stereocenters. The molecule has 0 bridgehead atoms. The molecule has 3 heteroatoms. The Morgan fingerprint density at radius 2 is 2.14 bits per heavy atom. The molecule has 0 radical (unpaired) electrons. The Morgan fingerprint density at radius 3 is 2.14 bits per heavy atom. The summed E-state index contributed by atoms with van der Waals surface area (Å²) in [4.78, 5) is 10.0. The molecule has 1 amide bonds. The van der Waals surface area contributed by atoms with Crippen molar-refractivity contribution < 1.29 is 63.0 Å². The van der Waals surface area contributed by atoms with Gasteiger partial charge in [-0.3, -0.25) is 0 Å². The van der Waals surface area contributed by atoms with Crippen molar-refractivity contribution in [3.05, 3.63) is 5.32 Å². The first-order valence-corrected chi connectivity index (χ1v) is 1.94. The van der Waals surface area contributed by atoms with E-state index >= 15 is 0 Å². The number of carbonyl (C=O) groups excluding carboxylic acids is 1. The van der Waals surface area contributed by atoms with Gasteiger partial charge in [-0.1, -0.05) is 6.92 Å². The Balaban J connectivity index is 0. The zero-order valence-electron chi connectivity index (χ0n) is 5.06. The van der Waals surface area contributed by atoms with E-state index in [2.05, 4.69) is 5.32 Å². The van der Waals surface area contributed by atoms with Gasteiger partial charge < -0.3 is 10.1 Å². The van der Waals surface area contributed by atoms with Gasteiger partial charge in [0.25, 0.3) is 0 Å². The summed E-state index contributed by atoms with van der Waals surface area (Å²) in [6.07, 6.45) is 0.524. The van der Waals surface area contributed by atoms with Crippen LogP contribution in [0.5, 0.6) is 0 Å². The van der Waals surface area contributed by atoms with Crippen molar-refractivity contribution >= 4 is 5.91 Å². The van der Waals surface area contributed by atoms with Crippen LogP contribution in [0.4, 0.5) is 0 Å². The van der Waals surface area contributed by atoms with Gasteiger partial charge in [-0.25, -0.2) is 0 Å². The second-order valence-corrected chi connectivity index (χ2v) is 0.971. The van der Waals surface area contributed by atoms with Crippen LogP contribution in [0, 0.1) is 0 Å². The summed E-state index contributed by atoms with van der Waals surface area (Å²) in [5.41, 5.74) is 0. The standard InChI is InChI=1S/C4H9NO.Rb/c1-3-4(6)5-2;/h3H2,1-2H3,(H,5,6);/q;+1/p-1. The van der Waals surface area contributed by atoms with Crippen molar-refractivity contribution in [2.75, 3.05) is 7.05 Å². The Morgan fingerprint density at radius 1 is 1.71 bits per heavy atom. The largest absolute Gasteiger partial charge is 1.00 e. The van der Waals surface area contributed by atoms with Gasteiger partial charge in [0, 0.05) is 0 Å². The van der Waals surface area contributed by atoms with Gasteiger partial charge in [-0.05, 0) is 6.42 Å². The van der Waals surface area contributed by atoms with Crippen LogP contribution in [0.15, 0.2) is 0 Å². The molecule has 2 nitrogen and oxygen atoms in total. The molecule has 0 N–H and O–H groups in total. The number of hydrogen-bond donors (Lipinski definition) is 0. The fraction of sp³-hybridized carbons (Fsp3) is 0.750. The molecule has 0 saturated heterocycles. The van der Waals surface area contributed by atoms with E-state index in [1.54, 1.807) is 6.92 Å². The first-order chi connectivity index (χ1) is 2.81. The Labute approximate surface area is 92.8 Å². The van der Waals surface area contributed by atoms with E-state index in [9.17, 15) is 4.79 Å². The number of rotatable bonds is 1. The van der Waals surface area contributed by atoms with E-state index in [1.165, 1.54) is 7.05 Å². The second kappa shape index (κ2) is 7.28. The van der Waals surface area contributed by atoms with E-state index in [1.807, 2.05) is 0 Å². The van der Waals surface area contributed by atoms with E-state index in [-0.39, 0.29) is 64.1 Å². The maximum Gasteiger partial charge on any atom is 1.00 e. The third-order valence-corrected chi connectivity index (χ3v) is 0.552. The average molecular weight is 172 g/mol. The van der Waals surface area contributed by atoms with Crippen LogP contribution in [-0.2, 0) is 4.79 Å². The minimum atomic E-state index is -0.0324. The summed E-state index contributed by atoms with van der Waals surface area (Å²) >= 11 is 0. The molecule has 0 unspecified atom stereocenters. The minimum Gasteiger partial charge on any atom is -0.656 e. The summed E-state index contributed by atoms with van der Waals surface area (Å²) in [6.45, 7) is 1.79. The molecule has 0 aliphatic carbocycles. The van der Waals surface area contributed by atoms with Crippen molar-refractivity contribution in [3.8, 4) is 0 Å². The average Bonchev–Trinajstić information content (AvgIpc) is 1.65. The summed E-state index contributed by atoms with van der Waals surface area (Å²) < 4.78 is 0. The quantitative estimate of drug-likeness (QED) is 0.446. The van der Waals surface area contributed by atoms with Crippen molar-refractivity contribution in [1.29, 1.82) is 0 Å². The van der Waals surface area contributed by atoms with Gasteiger partial charge in [0.15, 0.2) is 0 Å². The number of carbonyl (C=O) groups is 1. The predicted molar refractivity (Wildman–Crippen MR) is 24.6 cm³/mol. The van der Waals surface area contributed by atoms with E-state index in [4.69, 9.17) is 0 Å². The molecule has 0 rings (SSSR count). The monoisotopic (exact) mass is 171 g/mol. The molecule has 0 fully saturated rings. The summed E-state index contributed by atoms with van der Waals surface area (Å²) in [5, 5.41) is 3.37. The van der Waals surface area contributed by atoms with E-state index < -0.39 is 0 Å². The van der Waals surface area contributed by atoms with Crippen molar-refractivity contribution in [3.63, 3.8) is 0 Å². The molecule has 0 aromatic rings. The van der Waals surface area contributed by atoms with Gasteiger partial charge in [0.2, 0.25) is 0 Å². The summed E-state index contributed by atoms with van der Waals surface area (Å²) in [6, 6.07) is 0. The molecule has 0 spiro atoms. The topological polar surface area (TPSA) is 31.2 Å². The first-order valence-electron chi connectivity index (χ1n) is 1.94. The SMILES string of the molecule is CCC(=O)[N-]C.[Rb+]. The maximum atomic E-state index is 10.0. The molecule has 7 heavy (non-hydrogen) atoms.